The molecule has 90 valence electrons. The van der Waals surface area contributed by atoms with Crippen LogP contribution >= 0.6 is 0 Å². The number of fused-ring (bicyclic) bond motifs is 2. The molecule has 0 amide bonds. The summed E-state index contributed by atoms with van der Waals surface area (Å²) in [4.78, 5) is 14.3. The fourth-order valence-corrected chi connectivity index (χ4v) is 2.92. The molecule has 2 heterocycles. The summed E-state index contributed by atoms with van der Waals surface area (Å²) >= 11 is 0. The molecule has 4 nitrogen and oxygen atoms in total. The largest absolute Gasteiger partial charge is 0.466 e. The summed E-state index contributed by atoms with van der Waals surface area (Å²) in [5.41, 5.74) is -0.166. The Balaban J connectivity index is 1.60. The van der Waals surface area contributed by atoms with Crippen LogP contribution in [0.25, 0.3) is 0 Å². The van der Waals surface area contributed by atoms with E-state index >= 15 is 0 Å². The number of esters is 1. The van der Waals surface area contributed by atoms with Gasteiger partial charge in [0.05, 0.1) is 24.7 Å². The van der Waals surface area contributed by atoms with E-state index in [1.165, 1.54) is 0 Å². The molecule has 3 rings (SSSR count). The van der Waals surface area contributed by atoms with Crippen molar-refractivity contribution in [3.8, 4) is 0 Å². The van der Waals surface area contributed by atoms with Gasteiger partial charge in [0.2, 0.25) is 0 Å². The molecule has 3 fully saturated rings. The van der Waals surface area contributed by atoms with E-state index in [-0.39, 0.29) is 11.4 Å². The molecule has 0 unspecified atom stereocenters. The molecular formula is C12H19NO3. The average Bonchev–Trinajstić information content (AvgIpc) is 2.76. The lowest BCUT2D eigenvalue weighted by atomic mass is 10.1. The molecule has 2 aliphatic heterocycles. The monoisotopic (exact) mass is 225 g/mol. The maximum atomic E-state index is 11.8. The number of ether oxygens (including phenoxy) is 2. The summed E-state index contributed by atoms with van der Waals surface area (Å²) in [6.07, 6.45) is 3.57. The van der Waals surface area contributed by atoms with Gasteiger partial charge in [-0.15, -0.1) is 0 Å². The lowest BCUT2D eigenvalue weighted by Crippen LogP contribution is -2.42. The van der Waals surface area contributed by atoms with Gasteiger partial charge < -0.3 is 9.47 Å². The van der Waals surface area contributed by atoms with Crippen LogP contribution < -0.4 is 0 Å². The van der Waals surface area contributed by atoms with E-state index in [0.29, 0.717) is 18.8 Å². The number of morpholine rings is 1. The zero-order valence-electron chi connectivity index (χ0n) is 9.78. The van der Waals surface area contributed by atoms with Crippen LogP contribution in [0.4, 0.5) is 0 Å². The Kier molecular flexibility index (Phi) is 2.44. The van der Waals surface area contributed by atoms with Crippen LogP contribution in [-0.2, 0) is 14.3 Å². The van der Waals surface area contributed by atoms with E-state index in [9.17, 15) is 4.79 Å². The fraction of sp³-hybridized carbons (Fsp3) is 0.917. The summed E-state index contributed by atoms with van der Waals surface area (Å²) in [6, 6.07) is 0.553. The van der Waals surface area contributed by atoms with Gasteiger partial charge in [-0.25, -0.2) is 0 Å². The lowest BCUT2D eigenvalue weighted by molar-refractivity contribution is -0.151. The molecule has 1 saturated carbocycles. The highest BCUT2D eigenvalue weighted by Gasteiger charge is 2.54. The molecule has 2 atom stereocenters. The molecule has 2 bridgehead atoms. The summed E-state index contributed by atoms with van der Waals surface area (Å²) < 4.78 is 10.7. The first-order valence-electron chi connectivity index (χ1n) is 6.26. The highest BCUT2D eigenvalue weighted by atomic mass is 16.5. The molecular weight excluding hydrogens is 206 g/mol. The highest BCUT2D eigenvalue weighted by molar-refractivity contribution is 5.80. The number of carbonyl (C=O) groups is 1. The third-order valence-electron chi connectivity index (χ3n) is 4.08. The Morgan fingerprint density at radius 3 is 2.88 bits per heavy atom. The molecule has 0 spiro atoms. The average molecular weight is 225 g/mol. The van der Waals surface area contributed by atoms with Crippen LogP contribution in [0, 0.1) is 5.41 Å². The Morgan fingerprint density at radius 2 is 2.38 bits per heavy atom. The van der Waals surface area contributed by atoms with Crippen molar-refractivity contribution in [2.24, 2.45) is 5.41 Å². The molecule has 0 aromatic carbocycles. The van der Waals surface area contributed by atoms with Crippen molar-refractivity contribution < 1.29 is 14.3 Å². The van der Waals surface area contributed by atoms with E-state index in [0.717, 1.165) is 39.0 Å². The van der Waals surface area contributed by atoms with Gasteiger partial charge in [0.1, 0.15) is 0 Å². The quantitative estimate of drug-likeness (QED) is 0.663. The smallest absolute Gasteiger partial charge is 0.313 e. The number of rotatable bonds is 4. The predicted molar refractivity (Wildman–Crippen MR) is 58.0 cm³/mol. The third-order valence-corrected chi connectivity index (χ3v) is 4.08. The van der Waals surface area contributed by atoms with Crippen LogP contribution in [0.5, 0.6) is 0 Å². The highest BCUT2D eigenvalue weighted by Crippen LogP contribution is 2.48. The second kappa shape index (κ2) is 3.70. The van der Waals surface area contributed by atoms with Gasteiger partial charge in [0, 0.05) is 19.1 Å². The van der Waals surface area contributed by atoms with Crippen molar-refractivity contribution in [3.63, 3.8) is 0 Å². The van der Waals surface area contributed by atoms with Crippen LogP contribution in [0.1, 0.15) is 26.2 Å². The van der Waals surface area contributed by atoms with E-state index in [2.05, 4.69) is 4.90 Å². The molecule has 2 saturated heterocycles. The maximum absolute atomic E-state index is 11.8. The fourth-order valence-electron chi connectivity index (χ4n) is 2.92. The Bertz CT molecular complexity index is 301. The first-order chi connectivity index (χ1) is 7.73. The van der Waals surface area contributed by atoms with Crippen LogP contribution in [-0.4, -0.2) is 49.3 Å². The molecule has 4 heteroatoms. The molecule has 0 radical (unpaired) electrons. The van der Waals surface area contributed by atoms with E-state index in [4.69, 9.17) is 9.47 Å². The predicted octanol–water partition coefficient (Wildman–Crippen LogP) is 0.803. The van der Waals surface area contributed by atoms with Crippen LogP contribution in [0.3, 0.4) is 0 Å². The summed E-state index contributed by atoms with van der Waals surface area (Å²) in [5, 5.41) is 0. The van der Waals surface area contributed by atoms with Crippen molar-refractivity contribution in [2.75, 3.05) is 26.3 Å². The molecule has 0 aromatic rings. The van der Waals surface area contributed by atoms with Gasteiger partial charge in [0.15, 0.2) is 0 Å². The first kappa shape index (κ1) is 10.5. The molecule has 0 aromatic heterocycles. The van der Waals surface area contributed by atoms with Crippen molar-refractivity contribution in [3.05, 3.63) is 0 Å². The van der Waals surface area contributed by atoms with Crippen molar-refractivity contribution in [1.82, 2.24) is 4.90 Å². The zero-order valence-corrected chi connectivity index (χ0v) is 9.78. The van der Waals surface area contributed by atoms with Crippen molar-refractivity contribution >= 4 is 5.97 Å². The number of carbonyl (C=O) groups excluding carboxylic acids is 1. The number of likely N-dealkylation sites (tertiary alicyclic amines) is 1. The summed E-state index contributed by atoms with van der Waals surface area (Å²) in [7, 11) is 0. The Labute approximate surface area is 95.9 Å². The number of nitrogens with zero attached hydrogens (tertiary/aromatic N) is 1. The van der Waals surface area contributed by atoms with E-state index in [1.54, 1.807) is 0 Å². The van der Waals surface area contributed by atoms with Gasteiger partial charge in [-0.05, 0) is 26.2 Å². The molecule has 3 aliphatic rings. The molecule has 1 aliphatic carbocycles. The number of hydrogen-bond acceptors (Lipinski definition) is 4. The summed E-state index contributed by atoms with van der Waals surface area (Å²) in [5.74, 6) is 0.0127. The second-order valence-corrected chi connectivity index (χ2v) is 5.28. The normalized spacial score (nSPS) is 35.3. The first-order valence-corrected chi connectivity index (χ1v) is 6.26. The SMILES string of the molecule is CCOC(=O)C1(CN2C[C@H]3C[C@@H]2CO3)CC1. The summed E-state index contributed by atoms with van der Waals surface area (Å²) in [6.45, 7) is 5.11. The van der Waals surface area contributed by atoms with Gasteiger partial charge in [-0.3, -0.25) is 9.69 Å². The maximum Gasteiger partial charge on any atom is 0.313 e. The minimum Gasteiger partial charge on any atom is -0.466 e. The Morgan fingerprint density at radius 1 is 1.56 bits per heavy atom. The minimum atomic E-state index is -0.166. The van der Waals surface area contributed by atoms with Gasteiger partial charge in [-0.1, -0.05) is 0 Å². The number of hydrogen-bond donors (Lipinski definition) is 0. The standard InChI is InChI=1S/C12H19NO3/c1-2-15-11(14)12(3-4-12)8-13-6-10-5-9(13)7-16-10/h9-10H,2-8H2,1H3/t9-,10-/m1/s1. The zero-order chi connectivity index (χ0) is 11.2. The van der Waals surface area contributed by atoms with Crippen molar-refractivity contribution in [1.29, 1.82) is 0 Å². The topological polar surface area (TPSA) is 38.8 Å². The second-order valence-electron chi connectivity index (χ2n) is 5.28. The third kappa shape index (κ3) is 1.64. The van der Waals surface area contributed by atoms with Gasteiger partial charge in [-0.2, -0.15) is 0 Å². The molecule has 0 N–H and O–H groups in total. The van der Waals surface area contributed by atoms with Crippen molar-refractivity contribution in [2.45, 2.75) is 38.3 Å². The minimum absolute atomic E-state index is 0.0127. The van der Waals surface area contributed by atoms with Crippen LogP contribution in [0.15, 0.2) is 0 Å². The lowest BCUT2D eigenvalue weighted by Gasteiger charge is -2.29. The van der Waals surface area contributed by atoms with Gasteiger partial charge >= 0.3 is 5.97 Å². The van der Waals surface area contributed by atoms with E-state index < -0.39 is 0 Å². The van der Waals surface area contributed by atoms with E-state index in [1.807, 2.05) is 6.92 Å². The Hall–Kier alpha value is -0.610. The van der Waals surface area contributed by atoms with Crippen LogP contribution in [0.2, 0.25) is 0 Å². The van der Waals surface area contributed by atoms with Gasteiger partial charge in [0.25, 0.3) is 0 Å². The molecule has 16 heavy (non-hydrogen) atoms.